The van der Waals surface area contributed by atoms with Crippen LogP contribution in [-0.4, -0.2) is 46.2 Å². The van der Waals surface area contributed by atoms with Crippen LogP contribution in [0.25, 0.3) is 0 Å². The largest absolute Gasteiger partial charge is 0.465 e. The highest BCUT2D eigenvalue weighted by molar-refractivity contribution is 5.77. The van der Waals surface area contributed by atoms with E-state index in [4.69, 9.17) is 4.74 Å². The van der Waals surface area contributed by atoms with Gasteiger partial charge in [0.2, 0.25) is 0 Å². The smallest absolute Gasteiger partial charge is 0.314 e. The second-order valence-electron chi connectivity index (χ2n) is 13.1. The van der Waals surface area contributed by atoms with Crippen molar-refractivity contribution in [3.63, 3.8) is 0 Å². The molecule has 0 saturated heterocycles. The van der Waals surface area contributed by atoms with Gasteiger partial charge in [-0.2, -0.15) is 0 Å². The molecule has 0 heterocycles. The lowest BCUT2D eigenvalue weighted by Gasteiger charge is -2.47. The minimum atomic E-state index is -0.998. The fourth-order valence-electron chi connectivity index (χ4n) is 7.12. The Kier molecular flexibility index (Phi) is 9.35. The van der Waals surface area contributed by atoms with Gasteiger partial charge in [-0.3, -0.25) is 4.79 Å². The molecule has 0 unspecified atom stereocenters. The number of rotatable bonds is 8. The topological polar surface area (TPSA) is 87.0 Å². The Morgan fingerprint density at radius 2 is 1.92 bits per heavy atom. The van der Waals surface area contributed by atoms with Gasteiger partial charge >= 0.3 is 5.97 Å². The van der Waals surface area contributed by atoms with Crippen molar-refractivity contribution in [2.45, 2.75) is 111 Å². The maximum atomic E-state index is 12.5. The fourth-order valence-corrected chi connectivity index (χ4v) is 7.12. The third-order valence-corrected chi connectivity index (χ3v) is 9.54. The Labute approximate surface area is 224 Å². The first-order valence-electron chi connectivity index (χ1n) is 14.2. The zero-order valence-corrected chi connectivity index (χ0v) is 23.9. The Morgan fingerprint density at radius 1 is 1.22 bits per heavy atom. The third kappa shape index (κ3) is 6.32. The molecule has 3 N–H and O–H groups in total. The summed E-state index contributed by atoms with van der Waals surface area (Å²) in [5.41, 5.74) is 2.17. The van der Waals surface area contributed by atoms with E-state index in [1.165, 1.54) is 12.0 Å². The molecule has 0 aromatic rings. The molecule has 0 radical (unpaired) electrons. The quantitative estimate of drug-likeness (QED) is 0.271. The lowest BCUT2D eigenvalue weighted by atomic mass is 9.57. The van der Waals surface area contributed by atoms with Gasteiger partial charge in [0.05, 0.1) is 30.3 Å². The molecule has 3 saturated carbocycles. The van der Waals surface area contributed by atoms with E-state index in [0.717, 1.165) is 43.3 Å². The molecule has 37 heavy (non-hydrogen) atoms. The Hall–Kier alpha value is -1.69. The number of carbonyl (C=O) groups is 1. The second kappa shape index (κ2) is 11.6. The van der Waals surface area contributed by atoms with Crippen molar-refractivity contribution in [1.29, 1.82) is 0 Å². The van der Waals surface area contributed by atoms with Crippen LogP contribution in [0.1, 0.15) is 92.9 Å². The van der Waals surface area contributed by atoms with Gasteiger partial charge in [0, 0.05) is 6.42 Å². The third-order valence-electron chi connectivity index (χ3n) is 9.54. The van der Waals surface area contributed by atoms with Crippen LogP contribution in [0.4, 0.5) is 0 Å². The van der Waals surface area contributed by atoms with Gasteiger partial charge in [0.25, 0.3) is 0 Å². The molecule has 5 heteroatoms. The molecule has 3 aliphatic carbocycles. The summed E-state index contributed by atoms with van der Waals surface area (Å²) in [5.74, 6) is 0.579. The number of hydrogen-bond acceptors (Lipinski definition) is 5. The number of allylic oxidation sites excluding steroid dienone is 4. The Morgan fingerprint density at radius 3 is 2.59 bits per heavy atom. The van der Waals surface area contributed by atoms with Crippen LogP contribution in [0, 0.1) is 28.1 Å². The van der Waals surface area contributed by atoms with Crippen LogP contribution >= 0.6 is 0 Å². The van der Waals surface area contributed by atoms with E-state index < -0.39 is 23.7 Å². The fraction of sp³-hybridized carbons (Fsp3) is 0.719. The van der Waals surface area contributed by atoms with Crippen molar-refractivity contribution in [3.05, 3.63) is 47.6 Å². The highest BCUT2D eigenvalue weighted by Crippen LogP contribution is 2.62. The summed E-state index contributed by atoms with van der Waals surface area (Å²) in [6.45, 7) is 16.8. The van der Waals surface area contributed by atoms with Crippen LogP contribution in [0.15, 0.2) is 47.6 Å². The van der Waals surface area contributed by atoms with Crippen molar-refractivity contribution in [2.24, 2.45) is 28.1 Å². The maximum absolute atomic E-state index is 12.5. The average Bonchev–Trinajstić information content (AvgIpc) is 3.20. The number of ether oxygens (including phenoxy) is 1. The van der Waals surface area contributed by atoms with Gasteiger partial charge in [-0.1, -0.05) is 64.2 Å². The first-order chi connectivity index (χ1) is 17.2. The predicted octanol–water partition coefficient (Wildman–Crippen LogP) is 6.05. The summed E-state index contributed by atoms with van der Waals surface area (Å²) in [6.07, 6.45) is 13.5. The standard InChI is InChI=1S/C32H50O5/c1-8-18-37-29(36)31(5,6)28(35)15-17-30(3,4)27-14-13-25-22(10-9-16-32(25,27)7)11-12-23-19-24(33)20-26(34)21(23)2/h11-12,15,17,24-28,33-35H,2,8-10,13-14,16,18-20H2,1,3-7H3/t24-,25+,26+,27-,28-,32+/m1/s1. The van der Waals surface area contributed by atoms with E-state index in [0.29, 0.717) is 31.3 Å². The summed E-state index contributed by atoms with van der Waals surface area (Å²) in [4.78, 5) is 12.5. The number of hydrogen-bond donors (Lipinski definition) is 3. The Balaban J connectivity index is 1.77. The van der Waals surface area contributed by atoms with Gasteiger partial charge in [-0.25, -0.2) is 0 Å². The number of esters is 1. The molecule has 0 amide bonds. The van der Waals surface area contributed by atoms with Gasteiger partial charge in [0.15, 0.2) is 0 Å². The summed E-state index contributed by atoms with van der Waals surface area (Å²) in [7, 11) is 0. The molecule has 0 spiro atoms. The molecule has 0 aromatic heterocycles. The minimum Gasteiger partial charge on any atom is -0.465 e. The van der Waals surface area contributed by atoms with E-state index in [2.05, 4.69) is 45.6 Å². The van der Waals surface area contributed by atoms with E-state index in [9.17, 15) is 20.1 Å². The summed E-state index contributed by atoms with van der Waals surface area (Å²) >= 11 is 0. The first-order valence-corrected chi connectivity index (χ1v) is 14.2. The highest BCUT2D eigenvalue weighted by Gasteiger charge is 2.53. The Bertz CT molecular complexity index is 939. The van der Waals surface area contributed by atoms with Gasteiger partial charge in [-0.05, 0) is 92.6 Å². The zero-order valence-electron chi connectivity index (χ0n) is 23.9. The van der Waals surface area contributed by atoms with Crippen LogP contribution < -0.4 is 0 Å². The molecule has 0 bridgehead atoms. The predicted molar refractivity (Wildman–Crippen MR) is 149 cm³/mol. The molecular weight excluding hydrogens is 464 g/mol. The number of fused-ring (bicyclic) bond motifs is 1. The summed E-state index contributed by atoms with van der Waals surface area (Å²) in [5, 5.41) is 31.2. The number of carbonyl (C=O) groups excluding carboxylic acids is 1. The molecule has 5 nitrogen and oxygen atoms in total. The SMILES string of the molecule is C=C1C(=CC=C2CCC[C@]3(C)[C@@H](C(C)(C)C=C[C@@H](O)C(C)(C)C(=O)OCCC)CC[C@@H]23)C[C@@H](O)C[C@@H]1O. The first kappa shape index (κ1) is 29.9. The monoisotopic (exact) mass is 514 g/mol. The average molecular weight is 515 g/mol. The van der Waals surface area contributed by atoms with Gasteiger partial charge in [0.1, 0.15) is 0 Å². The van der Waals surface area contributed by atoms with E-state index >= 15 is 0 Å². The second-order valence-corrected chi connectivity index (χ2v) is 13.1. The molecule has 0 aromatic carbocycles. The van der Waals surface area contributed by atoms with Crippen molar-refractivity contribution < 1.29 is 24.9 Å². The van der Waals surface area contributed by atoms with Crippen LogP contribution in [-0.2, 0) is 9.53 Å². The minimum absolute atomic E-state index is 0.138. The summed E-state index contributed by atoms with van der Waals surface area (Å²) < 4.78 is 5.32. The lowest BCUT2D eigenvalue weighted by Crippen LogP contribution is -2.40. The van der Waals surface area contributed by atoms with E-state index in [1.54, 1.807) is 19.9 Å². The van der Waals surface area contributed by atoms with Crippen molar-refractivity contribution in [2.75, 3.05) is 6.61 Å². The molecule has 208 valence electrons. The maximum Gasteiger partial charge on any atom is 0.314 e. The lowest BCUT2D eigenvalue weighted by molar-refractivity contribution is -0.158. The van der Waals surface area contributed by atoms with Crippen LogP contribution in [0.5, 0.6) is 0 Å². The van der Waals surface area contributed by atoms with Crippen LogP contribution in [0.2, 0.25) is 0 Å². The molecule has 3 rings (SSSR count). The summed E-state index contributed by atoms with van der Waals surface area (Å²) in [6, 6.07) is 0. The highest BCUT2D eigenvalue weighted by atomic mass is 16.5. The number of aliphatic hydroxyl groups is 3. The number of aliphatic hydroxyl groups excluding tert-OH is 3. The van der Waals surface area contributed by atoms with Gasteiger partial charge < -0.3 is 20.1 Å². The zero-order chi connectivity index (χ0) is 27.6. The van der Waals surface area contributed by atoms with E-state index in [1.807, 2.05) is 6.92 Å². The molecule has 0 aliphatic heterocycles. The molecular formula is C32H50O5. The van der Waals surface area contributed by atoms with Crippen LogP contribution in [0.3, 0.4) is 0 Å². The van der Waals surface area contributed by atoms with Crippen molar-refractivity contribution in [1.82, 2.24) is 0 Å². The van der Waals surface area contributed by atoms with Gasteiger partial charge in [-0.15, -0.1) is 0 Å². The van der Waals surface area contributed by atoms with Crippen molar-refractivity contribution in [3.8, 4) is 0 Å². The van der Waals surface area contributed by atoms with Crippen molar-refractivity contribution >= 4 is 5.97 Å². The van der Waals surface area contributed by atoms with E-state index in [-0.39, 0.29) is 16.8 Å². The molecule has 3 fully saturated rings. The normalized spacial score (nSPS) is 34.2. The molecule has 6 atom stereocenters. The molecule has 3 aliphatic rings.